The van der Waals surface area contributed by atoms with Gasteiger partial charge in [-0.3, -0.25) is 9.69 Å². The molecule has 6 rings (SSSR count). The fraction of sp³-hybridized carbons (Fsp3) is 0.259. The first-order valence-corrected chi connectivity index (χ1v) is 11.0. The van der Waals surface area contributed by atoms with Gasteiger partial charge in [-0.2, -0.15) is 0 Å². The van der Waals surface area contributed by atoms with Crippen LogP contribution in [0.3, 0.4) is 0 Å². The molecule has 2 atom stereocenters. The van der Waals surface area contributed by atoms with E-state index in [2.05, 4.69) is 23.1 Å². The minimum atomic E-state index is -0.978. The number of hydrogen-bond donors (Lipinski definition) is 0. The topological polar surface area (TPSA) is 46.6 Å². The molecule has 3 aliphatic rings. The Morgan fingerprint density at radius 1 is 1.06 bits per heavy atom. The number of ketones is 1. The third-order valence-corrected chi connectivity index (χ3v) is 7.07. The quantitative estimate of drug-likeness (QED) is 0.587. The van der Waals surface area contributed by atoms with Gasteiger partial charge in [-0.1, -0.05) is 66.7 Å². The Morgan fingerprint density at radius 3 is 2.61 bits per heavy atom. The van der Waals surface area contributed by atoms with Crippen LogP contribution in [0, 0.1) is 0 Å². The Labute approximate surface area is 181 Å². The lowest BCUT2D eigenvalue weighted by molar-refractivity contribution is -0.138. The van der Waals surface area contributed by atoms with E-state index in [0.717, 1.165) is 52.4 Å². The molecule has 4 nitrogen and oxygen atoms in total. The van der Waals surface area contributed by atoms with Crippen molar-refractivity contribution in [1.29, 1.82) is 0 Å². The lowest BCUT2D eigenvalue weighted by atomic mass is 9.77. The SMILES string of the molecule is CCOC(=O)C1=C(c2ccccc2)[C@]2(C(=O)c3cccc4cccc2c34)N2CCC[C@@H]12. The zero-order chi connectivity index (χ0) is 21.2. The monoisotopic (exact) mass is 409 g/mol. The summed E-state index contributed by atoms with van der Waals surface area (Å²) in [6, 6.07) is 21.9. The van der Waals surface area contributed by atoms with Crippen molar-refractivity contribution >= 4 is 28.1 Å². The van der Waals surface area contributed by atoms with Crippen LogP contribution in [-0.4, -0.2) is 35.8 Å². The summed E-state index contributed by atoms with van der Waals surface area (Å²) in [5, 5.41) is 2.08. The van der Waals surface area contributed by atoms with E-state index >= 15 is 0 Å². The van der Waals surface area contributed by atoms with Gasteiger partial charge in [-0.05, 0) is 41.7 Å². The molecular weight excluding hydrogens is 386 g/mol. The normalized spacial score (nSPS) is 24.4. The maximum absolute atomic E-state index is 14.3. The molecule has 4 heteroatoms. The lowest BCUT2D eigenvalue weighted by Gasteiger charge is -2.37. The second-order valence-corrected chi connectivity index (χ2v) is 8.48. The van der Waals surface area contributed by atoms with Gasteiger partial charge in [0.15, 0.2) is 5.78 Å². The van der Waals surface area contributed by atoms with Crippen LogP contribution in [0.25, 0.3) is 16.3 Å². The molecule has 2 aliphatic heterocycles. The van der Waals surface area contributed by atoms with E-state index in [0.29, 0.717) is 12.2 Å². The second kappa shape index (κ2) is 6.63. The first kappa shape index (κ1) is 18.5. The van der Waals surface area contributed by atoms with Crippen molar-refractivity contribution in [3.8, 4) is 0 Å². The molecule has 1 fully saturated rings. The molecule has 0 N–H and O–H groups in total. The molecule has 1 spiro atoms. The van der Waals surface area contributed by atoms with E-state index in [9.17, 15) is 9.59 Å². The largest absolute Gasteiger partial charge is 0.463 e. The van der Waals surface area contributed by atoms with Gasteiger partial charge in [0.2, 0.25) is 0 Å². The van der Waals surface area contributed by atoms with Crippen molar-refractivity contribution in [1.82, 2.24) is 4.90 Å². The summed E-state index contributed by atoms with van der Waals surface area (Å²) in [6.07, 6.45) is 1.81. The van der Waals surface area contributed by atoms with Crippen LogP contribution in [0.2, 0.25) is 0 Å². The average Bonchev–Trinajstić information content (AvgIpc) is 3.44. The number of nitrogens with zero attached hydrogens (tertiary/aromatic N) is 1. The number of fused-ring (bicyclic) bond motifs is 3. The number of rotatable bonds is 3. The van der Waals surface area contributed by atoms with Gasteiger partial charge in [0.25, 0.3) is 0 Å². The summed E-state index contributed by atoms with van der Waals surface area (Å²) in [5.41, 5.74) is 3.15. The molecule has 154 valence electrons. The van der Waals surface area contributed by atoms with Gasteiger partial charge in [-0.15, -0.1) is 0 Å². The van der Waals surface area contributed by atoms with Gasteiger partial charge in [0.1, 0.15) is 5.54 Å². The number of carbonyl (C=O) groups excluding carboxylic acids is 2. The molecule has 0 aromatic heterocycles. The minimum absolute atomic E-state index is 0.0735. The third-order valence-electron chi connectivity index (χ3n) is 7.07. The minimum Gasteiger partial charge on any atom is -0.463 e. The summed E-state index contributed by atoms with van der Waals surface area (Å²) < 4.78 is 5.54. The molecule has 0 radical (unpaired) electrons. The number of hydrogen-bond acceptors (Lipinski definition) is 4. The highest BCUT2D eigenvalue weighted by atomic mass is 16.5. The molecule has 1 aliphatic carbocycles. The first-order chi connectivity index (χ1) is 15.2. The smallest absolute Gasteiger partial charge is 0.336 e. The fourth-order valence-electron chi connectivity index (χ4n) is 6.07. The maximum atomic E-state index is 14.3. The predicted molar refractivity (Wildman–Crippen MR) is 120 cm³/mol. The van der Waals surface area contributed by atoms with E-state index in [4.69, 9.17) is 4.74 Å². The van der Waals surface area contributed by atoms with Gasteiger partial charge < -0.3 is 4.74 Å². The van der Waals surface area contributed by atoms with E-state index in [1.807, 2.05) is 55.5 Å². The van der Waals surface area contributed by atoms with Gasteiger partial charge >= 0.3 is 5.97 Å². The van der Waals surface area contributed by atoms with E-state index in [1.165, 1.54) is 0 Å². The molecule has 0 unspecified atom stereocenters. The van der Waals surface area contributed by atoms with Crippen molar-refractivity contribution in [2.45, 2.75) is 31.3 Å². The van der Waals surface area contributed by atoms with Crippen LogP contribution in [0.1, 0.15) is 41.3 Å². The maximum Gasteiger partial charge on any atom is 0.336 e. The zero-order valence-electron chi connectivity index (χ0n) is 17.4. The van der Waals surface area contributed by atoms with Crippen molar-refractivity contribution in [3.63, 3.8) is 0 Å². The Kier molecular flexibility index (Phi) is 3.96. The van der Waals surface area contributed by atoms with Crippen LogP contribution in [-0.2, 0) is 15.1 Å². The first-order valence-electron chi connectivity index (χ1n) is 11.0. The van der Waals surface area contributed by atoms with Crippen LogP contribution in [0.15, 0.2) is 72.3 Å². The van der Waals surface area contributed by atoms with Gasteiger partial charge in [0, 0.05) is 23.7 Å². The van der Waals surface area contributed by atoms with Crippen LogP contribution in [0.4, 0.5) is 0 Å². The van der Waals surface area contributed by atoms with Crippen molar-refractivity contribution < 1.29 is 14.3 Å². The van der Waals surface area contributed by atoms with Crippen molar-refractivity contribution in [2.75, 3.05) is 13.2 Å². The molecule has 2 heterocycles. The second-order valence-electron chi connectivity index (χ2n) is 8.48. The number of Topliss-reactive ketones (excluding diaryl/α,β-unsaturated/α-hetero) is 1. The number of carbonyl (C=O) groups is 2. The number of esters is 1. The highest BCUT2D eigenvalue weighted by Crippen LogP contribution is 2.59. The highest BCUT2D eigenvalue weighted by Gasteiger charge is 2.63. The van der Waals surface area contributed by atoms with E-state index in [-0.39, 0.29) is 17.8 Å². The molecule has 31 heavy (non-hydrogen) atoms. The lowest BCUT2D eigenvalue weighted by Crippen LogP contribution is -2.48. The van der Waals surface area contributed by atoms with Crippen molar-refractivity contribution in [3.05, 3.63) is 89.0 Å². The van der Waals surface area contributed by atoms with Crippen molar-refractivity contribution in [2.24, 2.45) is 0 Å². The Bertz CT molecular complexity index is 1270. The summed E-state index contributed by atoms with van der Waals surface area (Å²) >= 11 is 0. The third kappa shape index (κ3) is 2.23. The zero-order valence-corrected chi connectivity index (χ0v) is 17.4. The van der Waals surface area contributed by atoms with Gasteiger partial charge in [-0.25, -0.2) is 4.79 Å². The molecule has 0 bridgehead atoms. The van der Waals surface area contributed by atoms with E-state index in [1.54, 1.807) is 0 Å². The summed E-state index contributed by atoms with van der Waals surface area (Å²) in [6.45, 7) is 2.92. The highest BCUT2D eigenvalue weighted by molar-refractivity contribution is 6.27. The Hall–Kier alpha value is -3.24. The predicted octanol–water partition coefficient (Wildman–Crippen LogP) is 4.73. The van der Waals surface area contributed by atoms with Crippen LogP contribution < -0.4 is 0 Å². The summed E-state index contributed by atoms with van der Waals surface area (Å²) in [4.78, 5) is 29.9. The van der Waals surface area contributed by atoms with Crippen LogP contribution >= 0.6 is 0 Å². The van der Waals surface area contributed by atoms with E-state index < -0.39 is 5.54 Å². The molecule has 3 aromatic rings. The Morgan fingerprint density at radius 2 is 1.84 bits per heavy atom. The number of benzene rings is 3. The number of ether oxygens (including phenoxy) is 1. The van der Waals surface area contributed by atoms with Gasteiger partial charge in [0.05, 0.1) is 12.2 Å². The molecular formula is C27H23NO3. The molecule has 0 amide bonds. The molecule has 0 saturated carbocycles. The standard InChI is InChI=1S/C27H23NO3/c1-2-31-26(30)23-21-15-8-16-28(21)27(24(23)18-9-4-3-5-10-18)20-14-7-12-17-11-6-13-19(22(17)20)25(27)29/h3-7,9-14,21H,2,8,15-16H2,1H3/t21-,27+/m0/s1. The summed E-state index contributed by atoms with van der Waals surface area (Å²) in [5.74, 6) is -0.226. The summed E-state index contributed by atoms with van der Waals surface area (Å²) in [7, 11) is 0. The molecule has 3 aromatic carbocycles. The molecule has 1 saturated heterocycles. The average molecular weight is 409 g/mol. The van der Waals surface area contributed by atoms with Crippen LogP contribution in [0.5, 0.6) is 0 Å². The Balaban J connectivity index is 1.74. The fourth-order valence-corrected chi connectivity index (χ4v) is 6.07.